The van der Waals surface area contributed by atoms with Crippen LogP contribution < -0.4 is 9.80 Å². The maximum absolute atomic E-state index is 2.35. The first kappa shape index (κ1) is 52.7. The number of hydrogen-bond acceptors (Lipinski definition) is 2. The quantitative estimate of drug-likeness (QED) is 0.101. The fourth-order valence-electron chi connectivity index (χ4n) is 11.7. The molecule has 0 spiro atoms. The van der Waals surface area contributed by atoms with E-state index in [-0.39, 0.29) is 0 Å². The third-order valence-electron chi connectivity index (χ3n) is 16.4. The van der Waals surface area contributed by atoms with Crippen molar-refractivity contribution in [1.29, 1.82) is 0 Å². The molecule has 14 aromatic carbocycles. The predicted octanol–water partition coefficient (Wildman–Crippen LogP) is 23.6. The standard InChI is InChI=1S/C84H60N2/c1-5-13-61(14-6-1)65-21-27-68(28-22-65)74-39-51-80(52-40-74)85(79-49-37-73(38-50-79)64-19-11-4-12-20-64)81-57-45-77(46-58-81)71-33-35-72(36-34-71)78-47-59-84(60-48-78)86(82-53-41-75(42-54-82)69-29-23-66(24-30-69)62-15-7-2-8-16-62)83-55-43-76(44-56-83)70-31-25-67(26-32-70)63-17-9-3-10-18-63/h1-60H. The van der Waals surface area contributed by atoms with Gasteiger partial charge in [-0.2, -0.15) is 0 Å². The Bertz CT molecular complexity index is 4350. The average Bonchev–Trinajstić information content (AvgIpc) is 2.94. The van der Waals surface area contributed by atoms with Crippen molar-refractivity contribution in [3.63, 3.8) is 0 Å². The fraction of sp³-hybridized carbons (Fsp3) is 0. The van der Waals surface area contributed by atoms with Gasteiger partial charge in [0.25, 0.3) is 0 Å². The van der Waals surface area contributed by atoms with E-state index in [0.717, 1.165) is 56.4 Å². The molecule has 406 valence electrons. The van der Waals surface area contributed by atoms with Gasteiger partial charge in [-0.15, -0.1) is 0 Å². The minimum atomic E-state index is 1.08. The molecule has 86 heavy (non-hydrogen) atoms. The van der Waals surface area contributed by atoms with Crippen molar-refractivity contribution < 1.29 is 0 Å². The summed E-state index contributed by atoms with van der Waals surface area (Å²) in [5.41, 5.74) is 27.9. The summed E-state index contributed by atoms with van der Waals surface area (Å²) in [7, 11) is 0. The SMILES string of the molecule is c1ccc(-c2ccc(-c3ccc(N(c4ccc(-c5ccccc5)cc4)c4ccc(-c5ccc(-c6ccc(N(c7ccc(-c8ccc(-c9ccccc9)cc8)cc7)c7ccc(-c8ccc(-c9ccccc9)cc8)cc7)cc6)cc5)cc4)cc3)cc2)cc1. The van der Waals surface area contributed by atoms with Crippen molar-refractivity contribution in [3.05, 3.63) is 364 Å². The van der Waals surface area contributed by atoms with E-state index in [1.807, 2.05) is 0 Å². The number of benzene rings is 14. The molecule has 0 heterocycles. The van der Waals surface area contributed by atoms with Crippen LogP contribution in [-0.4, -0.2) is 0 Å². The molecule has 0 aromatic heterocycles. The van der Waals surface area contributed by atoms with Crippen molar-refractivity contribution in [2.45, 2.75) is 0 Å². The van der Waals surface area contributed by atoms with Gasteiger partial charge >= 0.3 is 0 Å². The average molecular weight is 1100 g/mol. The molecular formula is C84H60N2. The Morgan fingerprint density at radius 2 is 0.186 bits per heavy atom. The van der Waals surface area contributed by atoms with Gasteiger partial charge in [0.1, 0.15) is 0 Å². The summed E-state index contributed by atoms with van der Waals surface area (Å²) in [5, 5.41) is 0. The summed E-state index contributed by atoms with van der Waals surface area (Å²) in [6.45, 7) is 0. The molecule has 0 aliphatic carbocycles. The molecule has 0 radical (unpaired) electrons. The van der Waals surface area contributed by atoms with Crippen molar-refractivity contribution >= 4 is 34.1 Å². The number of hydrogen-bond donors (Lipinski definition) is 0. The van der Waals surface area contributed by atoms with Crippen molar-refractivity contribution in [3.8, 4) is 100 Å². The Hall–Kier alpha value is -11.3. The van der Waals surface area contributed by atoms with Crippen LogP contribution in [0.4, 0.5) is 34.1 Å². The highest BCUT2D eigenvalue weighted by atomic mass is 15.1. The van der Waals surface area contributed by atoms with Crippen molar-refractivity contribution in [1.82, 2.24) is 0 Å². The first-order valence-corrected chi connectivity index (χ1v) is 29.4. The smallest absolute Gasteiger partial charge is 0.0462 e. The van der Waals surface area contributed by atoms with Gasteiger partial charge in [0.2, 0.25) is 0 Å². The highest BCUT2D eigenvalue weighted by Gasteiger charge is 2.17. The van der Waals surface area contributed by atoms with Crippen LogP contribution >= 0.6 is 0 Å². The second-order valence-corrected chi connectivity index (χ2v) is 21.7. The predicted molar refractivity (Wildman–Crippen MR) is 365 cm³/mol. The van der Waals surface area contributed by atoms with Crippen LogP contribution in [0.1, 0.15) is 0 Å². The Kier molecular flexibility index (Phi) is 14.9. The van der Waals surface area contributed by atoms with E-state index in [0.29, 0.717) is 0 Å². The molecule has 0 saturated carbocycles. The number of anilines is 6. The largest absolute Gasteiger partial charge is 0.311 e. The minimum absolute atomic E-state index is 1.08. The lowest BCUT2D eigenvalue weighted by Crippen LogP contribution is -2.09. The van der Waals surface area contributed by atoms with Crippen LogP contribution in [0.15, 0.2) is 364 Å². The molecular weight excluding hydrogens is 1040 g/mol. The van der Waals surface area contributed by atoms with E-state index >= 15 is 0 Å². The van der Waals surface area contributed by atoms with Crippen LogP contribution in [0.5, 0.6) is 0 Å². The van der Waals surface area contributed by atoms with Crippen LogP contribution in [0.3, 0.4) is 0 Å². The topological polar surface area (TPSA) is 6.48 Å². The van der Waals surface area contributed by atoms with Gasteiger partial charge in [0.05, 0.1) is 0 Å². The third kappa shape index (κ3) is 11.4. The van der Waals surface area contributed by atoms with Gasteiger partial charge in [-0.05, 0) is 173 Å². The van der Waals surface area contributed by atoms with Crippen LogP contribution in [-0.2, 0) is 0 Å². The molecule has 0 aliphatic rings. The van der Waals surface area contributed by atoms with Gasteiger partial charge in [0.15, 0.2) is 0 Å². The Labute approximate surface area is 505 Å². The van der Waals surface area contributed by atoms with E-state index in [1.165, 1.54) is 77.9 Å². The van der Waals surface area contributed by atoms with Gasteiger partial charge < -0.3 is 9.80 Å². The molecule has 0 bridgehead atoms. The highest BCUT2D eigenvalue weighted by molar-refractivity contribution is 5.85. The molecule has 2 nitrogen and oxygen atoms in total. The lowest BCUT2D eigenvalue weighted by Gasteiger charge is -2.26. The molecule has 14 aromatic rings. The fourth-order valence-corrected chi connectivity index (χ4v) is 11.7. The van der Waals surface area contributed by atoms with Gasteiger partial charge in [-0.25, -0.2) is 0 Å². The van der Waals surface area contributed by atoms with E-state index in [2.05, 4.69) is 374 Å². The summed E-state index contributed by atoms with van der Waals surface area (Å²) in [4.78, 5) is 4.69. The normalized spacial score (nSPS) is 11.0. The molecule has 0 unspecified atom stereocenters. The Balaban J connectivity index is 0.719. The zero-order valence-corrected chi connectivity index (χ0v) is 47.5. The van der Waals surface area contributed by atoms with Crippen LogP contribution in [0.25, 0.3) is 100 Å². The molecule has 2 heteroatoms. The summed E-state index contributed by atoms with van der Waals surface area (Å²) < 4.78 is 0. The monoisotopic (exact) mass is 1100 g/mol. The highest BCUT2D eigenvalue weighted by Crippen LogP contribution is 2.41. The van der Waals surface area contributed by atoms with E-state index in [9.17, 15) is 0 Å². The minimum Gasteiger partial charge on any atom is -0.311 e. The lowest BCUT2D eigenvalue weighted by molar-refractivity contribution is 1.28. The Morgan fingerprint density at radius 1 is 0.0930 bits per heavy atom. The number of rotatable bonds is 15. The van der Waals surface area contributed by atoms with E-state index in [1.54, 1.807) is 0 Å². The molecule has 14 rings (SSSR count). The van der Waals surface area contributed by atoms with Crippen LogP contribution in [0.2, 0.25) is 0 Å². The molecule has 0 aliphatic heterocycles. The maximum Gasteiger partial charge on any atom is 0.0462 e. The van der Waals surface area contributed by atoms with E-state index in [4.69, 9.17) is 0 Å². The van der Waals surface area contributed by atoms with Crippen LogP contribution in [0, 0.1) is 0 Å². The lowest BCUT2D eigenvalue weighted by atomic mass is 9.99. The van der Waals surface area contributed by atoms with E-state index < -0.39 is 0 Å². The first-order valence-electron chi connectivity index (χ1n) is 29.4. The number of nitrogens with zero attached hydrogens (tertiary/aromatic N) is 2. The molecule has 0 amide bonds. The van der Waals surface area contributed by atoms with Gasteiger partial charge in [-0.1, -0.05) is 291 Å². The summed E-state index contributed by atoms with van der Waals surface area (Å²) >= 11 is 0. The van der Waals surface area contributed by atoms with Gasteiger partial charge in [-0.3, -0.25) is 0 Å². The zero-order valence-electron chi connectivity index (χ0n) is 47.5. The van der Waals surface area contributed by atoms with Gasteiger partial charge in [0, 0.05) is 34.1 Å². The Morgan fingerprint density at radius 3 is 0.302 bits per heavy atom. The zero-order chi connectivity index (χ0) is 57.4. The summed E-state index contributed by atoms with van der Waals surface area (Å²) in [6, 6.07) is 131. The summed E-state index contributed by atoms with van der Waals surface area (Å²) in [5.74, 6) is 0. The molecule has 0 fully saturated rings. The third-order valence-corrected chi connectivity index (χ3v) is 16.4. The maximum atomic E-state index is 2.35. The first-order chi connectivity index (χ1) is 42.6. The molecule has 0 atom stereocenters. The second kappa shape index (κ2) is 24.3. The molecule has 0 saturated heterocycles. The summed E-state index contributed by atoms with van der Waals surface area (Å²) in [6.07, 6.45) is 0. The van der Waals surface area contributed by atoms with Crippen molar-refractivity contribution in [2.75, 3.05) is 9.80 Å². The van der Waals surface area contributed by atoms with Crippen molar-refractivity contribution in [2.24, 2.45) is 0 Å². The second-order valence-electron chi connectivity index (χ2n) is 21.7. The molecule has 0 N–H and O–H groups in total.